The fraction of sp³-hybridized carbons (Fsp3) is 0.500. The fourth-order valence-electron chi connectivity index (χ4n) is 1.10. The van der Waals surface area contributed by atoms with Crippen LogP contribution in [0.5, 0.6) is 0 Å². The molecule has 3 N–H and O–H groups in total. The van der Waals surface area contributed by atoms with Crippen LogP contribution in [-0.2, 0) is 4.79 Å². The van der Waals surface area contributed by atoms with Gasteiger partial charge in [-0.15, -0.1) is 0 Å². The third-order valence-electron chi connectivity index (χ3n) is 2.12. The summed E-state index contributed by atoms with van der Waals surface area (Å²) in [5.41, 5.74) is 8.20. The van der Waals surface area contributed by atoms with Gasteiger partial charge in [0.25, 0.3) is 0 Å². The van der Waals surface area contributed by atoms with Crippen LogP contribution in [0.4, 0.5) is 0 Å². The molecule has 0 aromatic carbocycles. The lowest BCUT2D eigenvalue weighted by Gasteiger charge is -2.08. The quantitative estimate of drug-likeness (QED) is 0.734. The zero-order valence-electron chi connectivity index (χ0n) is 8.44. The predicted molar refractivity (Wildman–Crippen MR) is 56.3 cm³/mol. The van der Waals surface area contributed by atoms with E-state index in [0.717, 1.165) is 6.42 Å². The summed E-state index contributed by atoms with van der Waals surface area (Å²) in [6.45, 7) is 2.68. The molecule has 1 amide bonds. The minimum absolute atomic E-state index is 0.0292. The van der Waals surface area contributed by atoms with E-state index >= 15 is 0 Å². The van der Waals surface area contributed by atoms with Crippen LogP contribution in [0.3, 0.4) is 0 Å². The van der Waals surface area contributed by atoms with E-state index in [1.165, 1.54) is 0 Å². The highest BCUT2D eigenvalue weighted by Crippen LogP contribution is 2.03. The molecule has 14 heavy (non-hydrogen) atoms. The molecule has 0 saturated heterocycles. The zero-order chi connectivity index (χ0) is 10.4. The second kappa shape index (κ2) is 5.44. The highest BCUT2D eigenvalue weighted by Gasteiger charge is 2.04. The minimum atomic E-state index is 0.0292. The molecule has 0 aliphatic heterocycles. The van der Waals surface area contributed by atoms with Crippen LogP contribution >= 0.6 is 0 Å². The van der Waals surface area contributed by atoms with Gasteiger partial charge in [-0.2, -0.15) is 0 Å². The Balaban J connectivity index is 2.23. The highest BCUT2D eigenvalue weighted by atomic mass is 16.2. The number of nitrogens with zero attached hydrogens (tertiary/aromatic N) is 1. The number of carbonyl (C=O) groups is 1. The molecule has 1 heterocycles. The van der Waals surface area contributed by atoms with Crippen molar-refractivity contribution in [2.24, 2.45) is 11.7 Å². The predicted octanol–water partition coefficient (Wildman–Crippen LogP) is 0.933. The summed E-state index contributed by atoms with van der Waals surface area (Å²) in [7, 11) is 0. The minimum Gasteiger partial charge on any atom is -0.330 e. The Hall–Kier alpha value is -1.29. The Morgan fingerprint density at radius 1 is 1.50 bits per heavy atom. The summed E-state index contributed by atoms with van der Waals surface area (Å²) in [5, 5.41) is 0. The van der Waals surface area contributed by atoms with E-state index in [2.05, 4.69) is 5.43 Å². The van der Waals surface area contributed by atoms with Gasteiger partial charge in [0, 0.05) is 18.8 Å². The van der Waals surface area contributed by atoms with Crippen LogP contribution in [0.25, 0.3) is 0 Å². The normalized spacial score (nSPS) is 12.4. The Morgan fingerprint density at radius 2 is 2.14 bits per heavy atom. The van der Waals surface area contributed by atoms with E-state index in [9.17, 15) is 4.79 Å². The Bertz CT molecular complexity index is 269. The van der Waals surface area contributed by atoms with E-state index in [4.69, 9.17) is 5.73 Å². The van der Waals surface area contributed by atoms with Crippen molar-refractivity contribution < 1.29 is 4.79 Å². The maximum atomic E-state index is 11.4. The van der Waals surface area contributed by atoms with Gasteiger partial charge in [0.2, 0.25) is 5.91 Å². The van der Waals surface area contributed by atoms with Crippen molar-refractivity contribution >= 4 is 5.91 Å². The number of aromatic nitrogens is 1. The highest BCUT2D eigenvalue weighted by molar-refractivity contribution is 5.83. The smallest absolute Gasteiger partial charge is 0.238 e. The lowest BCUT2D eigenvalue weighted by molar-refractivity contribution is -0.117. The third kappa shape index (κ3) is 3.62. The third-order valence-corrected chi connectivity index (χ3v) is 2.12. The summed E-state index contributed by atoms with van der Waals surface area (Å²) in [6, 6.07) is 3.73. The van der Waals surface area contributed by atoms with Crippen molar-refractivity contribution in [1.82, 2.24) is 4.68 Å². The summed E-state index contributed by atoms with van der Waals surface area (Å²) in [6.07, 6.45) is 4.95. The Morgan fingerprint density at radius 3 is 2.71 bits per heavy atom. The van der Waals surface area contributed by atoms with Gasteiger partial charge in [0.1, 0.15) is 0 Å². The monoisotopic (exact) mass is 195 g/mol. The molecule has 0 aliphatic carbocycles. The molecule has 0 bridgehead atoms. The van der Waals surface area contributed by atoms with Gasteiger partial charge >= 0.3 is 0 Å². The molecule has 1 aromatic heterocycles. The first-order valence-corrected chi connectivity index (χ1v) is 4.85. The van der Waals surface area contributed by atoms with E-state index in [0.29, 0.717) is 18.9 Å². The van der Waals surface area contributed by atoms with Gasteiger partial charge in [-0.3, -0.25) is 14.9 Å². The summed E-state index contributed by atoms with van der Waals surface area (Å²) in [4.78, 5) is 11.4. The van der Waals surface area contributed by atoms with Gasteiger partial charge in [-0.25, -0.2) is 0 Å². The van der Waals surface area contributed by atoms with Crippen LogP contribution in [0.1, 0.15) is 19.8 Å². The molecule has 0 saturated carbocycles. The first-order chi connectivity index (χ1) is 6.72. The van der Waals surface area contributed by atoms with E-state index in [1.807, 2.05) is 19.1 Å². The molecule has 1 rings (SSSR count). The van der Waals surface area contributed by atoms with Crippen LogP contribution in [0.2, 0.25) is 0 Å². The number of hydrogen-bond donors (Lipinski definition) is 2. The van der Waals surface area contributed by atoms with E-state index in [1.54, 1.807) is 17.1 Å². The molecule has 0 spiro atoms. The lowest BCUT2D eigenvalue weighted by Crippen LogP contribution is -2.22. The standard InChI is InChI=1S/C10H17N3O/c1-9(8-11)4-5-10(14)12-13-6-2-3-7-13/h2-3,6-7,9H,4-5,8,11H2,1H3,(H,12,14). The summed E-state index contributed by atoms with van der Waals surface area (Å²) >= 11 is 0. The van der Waals surface area contributed by atoms with Crippen molar-refractivity contribution in [1.29, 1.82) is 0 Å². The van der Waals surface area contributed by atoms with Gasteiger partial charge in [0.15, 0.2) is 0 Å². The van der Waals surface area contributed by atoms with E-state index in [-0.39, 0.29) is 5.91 Å². The van der Waals surface area contributed by atoms with Crippen molar-refractivity contribution in [2.75, 3.05) is 12.0 Å². The molecular weight excluding hydrogens is 178 g/mol. The Labute approximate surface area is 84.1 Å². The largest absolute Gasteiger partial charge is 0.330 e. The van der Waals surface area contributed by atoms with Crippen molar-refractivity contribution in [3.8, 4) is 0 Å². The molecular formula is C10H17N3O. The maximum Gasteiger partial charge on any atom is 0.238 e. The number of rotatable bonds is 5. The average Bonchev–Trinajstić information content (AvgIpc) is 2.66. The SMILES string of the molecule is CC(CN)CCC(=O)Nn1cccc1. The fourth-order valence-corrected chi connectivity index (χ4v) is 1.10. The molecule has 0 radical (unpaired) electrons. The molecule has 1 atom stereocenters. The van der Waals surface area contributed by atoms with Crippen molar-refractivity contribution in [2.45, 2.75) is 19.8 Å². The van der Waals surface area contributed by atoms with Crippen molar-refractivity contribution in [3.05, 3.63) is 24.5 Å². The van der Waals surface area contributed by atoms with Crippen molar-refractivity contribution in [3.63, 3.8) is 0 Å². The number of amides is 1. The zero-order valence-corrected chi connectivity index (χ0v) is 8.44. The second-order valence-corrected chi connectivity index (χ2v) is 3.50. The van der Waals surface area contributed by atoms with Crippen LogP contribution in [-0.4, -0.2) is 17.1 Å². The first-order valence-electron chi connectivity index (χ1n) is 4.85. The van der Waals surface area contributed by atoms with Crippen LogP contribution in [0, 0.1) is 5.92 Å². The van der Waals surface area contributed by atoms with Crippen LogP contribution in [0.15, 0.2) is 24.5 Å². The number of hydrogen-bond acceptors (Lipinski definition) is 2. The molecule has 1 unspecified atom stereocenters. The molecule has 78 valence electrons. The number of carbonyl (C=O) groups excluding carboxylic acids is 1. The molecule has 1 aromatic rings. The first kappa shape index (κ1) is 10.8. The van der Waals surface area contributed by atoms with E-state index < -0.39 is 0 Å². The van der Waals surface area contributed by atoms with Crippen LogP contribution < -0.4 is 11.2 Å². The topological polar surface area (TPSA) is 60.1 Å². The molecule has 0 fully saturated rings. The molecule has 4 heteroatoms. The van der Waals surface area contributed by atoms with Gasteiger partial charge in [-0.05, 0) is 31.0 Å². The summed E-state index contributed by atoms with van der Waals surface area (Å²) < 4.78 is 1.65. The lowest BCUT2D eigenvalue weighted by atomic mass is 10.1. The molecule has 0 aliphatic rings. The van der Waals surface area contributed by atoms with Gasteiger partial charge in [-0.1, -0.05) is 6.92 Å². The van der Waals surface area contributed by atoms with Gasteiger partial charge < -0.3 is 5.73 Å². The summed E-state index contributed by atoms with van der Waals surface area (Å²) in [5.74, 6) is 0.437. The molecule has 4 nitrogen and oxygen atoms in total. The number of nitrogens with two attached hydrogens (primary N) is 1. The maximum absolute atomic E-state index is 11.4. The number of nitrogens with one attached hydrogen (secondary N) is 1. The second-order valence-electron chi connectivity index (χ2n) is 3.50. The average molecular weight is 195 g/mol. The Kier molecular flexibility index (Phi) is 4.19. The van der Waals surface area contributed by atoms with Gasteiger partial charge in [0.05, 0.1) is 0 Å².